The van der Waals surface area contributed by atoms with Gasteiger partial charge in [0.25, 0.3) is 5.56 Å². The molecule has 1 fully saturated rings. The minimum atomic E-state index is -0.164. The van der Waals surface area contributed by atoms with Crippen LogP contribution in [0.5, 0.6) is 0 Å². The van der Waals surface area contributed by atoms with Gasteiger partial charge in [-0.15, -0.1) is 0 Å². The molecular formula is C31H37N5O2. The van der Waals surface area contributed by atoms with Crippen molar-refractivity contribution >= 4 is 17.5 Å². The van der Waals surface area contributed by atoms with E-state index in [2.05, 4.69) is 64.5 Å². The van der Waals surface area contributed by atoms with Crippen molar-refractivity contribution in [3.05, 3.63) is 105 Å². The molecule has 2 aromatic carbocycles. The lowest BCUT2D eigenvalue weighted by atomic mass is 10.1. The number of nitrogens with one attached hydrogen (secondary N) is 1. The van der Waals surface area contributed by atoms with Crippen LogP contribution < -0.4 is 26.5 Å². The quantitative estimate of drug-likeness (QED) is 0.503. The third kappa shape index (κ3) is 5.74. The summed E-state index contributed by atoms with van der Waals surface area (Å²) >= 11 is 0. The summed E-state index contributed by atoms with van der Waals surface area (Å²) in [5.74, 6) is 0.817. The average molecular weight is 512 g/mol. The third-order valence-corrected chi connectivity index (χ3v) is 7.22. The van der Waals surface area contributed by atoms with Crippen molar-refractivity contribution < 1.29 is 4.74 Å². The fraction of sp³-hybridized carbons (Fsp3) is 0.355. The normalized spacial score (nSPS) is 16.4. The molecular weight excluding hydrogens is 474 g/mol. The maximum Gasteiger partial charge on any atom is 0.252 e. The van der Waals surface area contributed by atoms with Crippen LogP contribution in [0.2, 0.25) is 0 Å². The molecule has 3 aromatic rings. The summed E-state index contributed by atoms with van der Waals surface area (Å²) in [5.41, 5.74) is 5.12. The van der Waals surface area contributed by atoms with Crippen molar-refractivity contribution in [2.24, 2.45) is 4.99 Å². The standard InChI is InChI=1S/C31H37N5O2/c1-4-23-10-11-25-12-17-29(37)36(28(22-34(2)3)24-8-6-5-7-9-24)31(25)33-30(23)32-26-13-15-27(16-14-26)35-18-20-38-21-19-35/h5-9,11-17,28,32H,4,10,18-22H2,1-3H3. The Labute approximate surface area is 224 Å². The van der Waals surface area contributed by atoms with E-state index in [0.29, 0.717) is 12.0 Å². The molecule has 1 N–H and O–H groups in total. The summed E-state index contributed by atoms with van der Waals surface area (Å²) in [5, 5.41) is 4.56. The van der Waals surface area contributed by atoms with E-state index in [1.807, 2.05) is 42.9 Å². The number of hydrogen-bond donors (Lipinski definition) is 1. The van der Waals surface area contributed by atoms with Crippen molar-refractivity contribution in [3.63, 3.8) is 0 Å². The molecule has 38 heavy (non-hydrogen) atoms. The van der Waals surface area contributed by atoms with E-state index < -0.39 is 0 Å². The number of ether oxygens (including phenoxy) is 1. The molecule has 1 saturated heterocycles. The number of pyridine rings is 1. The lowest BCUT2D eigenvalue weighted by Gasteiger charge is -2.29. The molecule has 0 bridgehead atoms. The number of nitrogens with zero attached hydrogens (tertiary/aromatic N) is 4. The van der Waals surface area contributed by atoms with Crippen LogP contribution in [0.4, 0.5) is 11.4 Å². The second-order valence-corrected chi connectivity index (χ2v) is 10.1. The van der Waals surface area contributed by atoms with Crippen molar-refractivity contribution in [2.75, 3.05) is 57.2 Å². The second kappa shape index (κ2) is 11.8. The maximum absolute atomic E-state index is 13.4. The molecule has 198 valence electrons. The predicted molar refractivity (Wildman–Crippen MR) is 154 cm³/mol. The number of morpholine rings is 1. The molecule has 0 radical (unpaired) electrons. The van der Waals surface area contributed by atoms with Crippen LogP contribution in [0.1, 0.15) is 31.4 Å². The van der Waals surface area contributed by atoms with Crippen LogP contribution in [-0.2, 0) is 4.74 Å². The van der Waals surface area contributed by atoms with Gasteiger partial charge >= 0.3 is 0 Å². The molecule has 0 aliphatic carbocycles. The summed E-state index contributed by atoms with van der Waals surface area (Å²) in [4.78, 5) is 23.1. The lowest BCUT2D eigenvalue weighted by Crippen LogP contribution is -2.47. The summed E-state index contributed by atoms with van der Waals surface area (Å²) in [7, 11) is 4.07. The minimum absolute atomic E-state index is 0.0502. The molecule has 1 atom stereocenters. The Morgan fingerprint density at radius 2 is 1.74 bits per heavy atom. The zero-order valence-corrected chi connectivity index (χ0v) is 22.6. The van der Waals surface area contributed by atoms with E-state index in [-0.39, 0.29) is 11.6 Å². The van der Waals surface area contributed by atoms with Gasteiger partial charge in [-0.3, -0.25) is 9.36 Å². The first-order valence-corrected chi connectivity index (χ1v) is 13.5. The van der Waals surface area contributed by atoms with Crippen molar-refractivity contribution in [2.45, 2.75) is 25.8 Å². The van der Waals surface area contributed by atoms with Crippen LogP contribution >= 0.6 is 0 Å². The van der Waals surface area contributed by atoms with E-state index in [4.69, 9.17) is 9.73 Å². The van der Waals surface area contributed by atoms with E-state index >= 15 is 0 Å². The number of aromatic nitrogens is 1. The number of benzene rings is 2. The number of likely N-dealkylation sites (N-methyl/N-ethyl adjacent to an activating group) is 1. The van der Waals surface area contributed by atoms with E-state index in [0.717, 1.165) is 61.4 Å². The average Bonchev–Trinajstić information content (AvgIpc) is 3.12. The van der Waals surface area contributed by atoms with Gasteiger partial charge in [0.15, 0.2) is 0 Å². The molecule has 7 nitrogen and oxygen atoms in total. The van der Waals surface area contributed by atoms with Gasteiger partial charge < -0.3 is 19.9 Å². The maximum atomic E-state index is 13.4. The van der Waals surface area contributed by atoms with Crippen molar-refractivity contribution in [3.8, 4) is 0 Å². The first-order chi connectivity index (χ1) is 18.5. The summed E-state index contributed by atoms with van der Waals surface area (Å²) in [6, 6.07) is 22.1. The Hall–Kier alpha value is -3.68. The van der Waals surface area contributed by atoms with Crippen molar-refractivity contribution in [1.29, 1.82) is 0 Å². The Morgan fingerprint density at radius 3 is 2.42 bits per heavy atom. The second-order valence-electron chi connectivity index (χ2n) is 10.1. The number of fused-ring (bicyclic) bond motifs is 1. The Morgan fingerprint density at radius 1 is 1.00 bits per heavy atom. The molecule has 2 aliphatic rings. The van der Waals surface area contributed by atoms with Crippen molar-refractivity contribution in [1.82, 2.24) is 9.47 Å². The van der Waals surface area contributed by atoms with Gasteiger partial charge in [-0.1, -0.05) is 43.3 Å². The highest BCUT2D eigenvalue weighted by Crippen LogP contribution is 2.23. The van der Waals surface area contributed by atoms with Crippen LogP contribution in [-0.4, -0.2) is 56.4 Å². The number of rotatable bonds is 8. The Bertz CT molecular complexity index is 1450. The van der Waals surface area contributed by atoms with Crippen LogP contribution in [0, 0.1) is 0 Å². The number of allylic oxidation sites excluding steroid dienone is 1. The zero-order valence-electron chi connectivity index (χ0n) is 22.6. The Kier molecular flexibility index (Phi) is 8.05. The fourth-order valence-electron chi connectivity index (χ4n) is 5.15. The molecule has 2 aliphatic heterocycles. The van der Waals surface area contributed by atoms with Gasteiger partial charge in [-0.25, -0.2) is 4.99 Å². The fourth-order valence-corrected chi connectivity index (χ4v) is 5.15. The molecule has 0 spiro atoms. The molecule has 7 heteroatoms. The van der Waals surface area contributed by atoms with Gasteiger partial charge in [0.05, 0.1) is 19.3 Å². The van der Waals surface area contributed by atoms with E-state index in [1.165, 1.54) is 11.3 Å². The molecule has 1 unspecified atom stereocenters. The molecule has 3 heterocycles. The van der Waals surface area contributed by atoms with E-state index in [1.54, 1.807) is 6.07 Å². The highest BCUT2D eigenvalue weighted by atomic mass is 16.5. The SMILES string of the molecule is CCC1=C(Nc2ccc(N3CCOCC3)cc2)N=c2c(ccc(=O)n2C(CN(C)C)c2ccccc2)=CC1. The highest BCUT2D eigenvalue weighted by molar-refractivity contribution is 5.58. The molecule has 0 amide bonds. The van der Waals surface area contributed by atoms with Gasteiger partial charge in [-0.2, -0.15) is 0 Å². The zero-order chi connectivity index (χ0) is 26.5. The number of hydrogen-bond acceptors (Lipinski definition) is 6. The van der Waals surface area contributed by atoms with Gasteiger partial charge in [-0.05, 0) is 68.4 Å². The van der Waals surface area contributed by atoms with Crippen LogP contribution in [0.25, 0.3) is 6.08 Å². The largest absolute Gasteiger partial charge is 0.378 e. The lowest BCUT2D eigenvalue weighted by molar-refractivity contribution is 0.122. The third-order valence-electron chi connectivity index (χ3n) is 7.22. The summed E-state index contributed by atoms with van der Waals surface area (Å²) in [6.45, 7) is 6.19. The predicted octanol–water partition coefficient (Wildman–Crippen LogP) is 3.37. The summed E-state index contributed by atoms with van der Waals surface area (Å²) < 4.78 is 7.36. The van der Waals surface area contributed by atoms with Crippen LogP contribution in [0.15, 0.2) is 87.9 Å². The topological polar surface area (TPSA) is 62.1 Å². The number of anilines is 2. The highest BCUT2D eigenvalue weighted by Gasteiger charge is 2.20. The smallest absolute Gasteiger partial charge is 0.252 e. The first kappa shape index (κ1) is 25.9. The van der Waals surface area contributed by atoms with Crippen LogP contribution in [0.3, 0.4) is 0 Å². The molecule has 0 saturated carbocycles. The monoisotopic (exact) mass is 511 g/mol. The summed E-state index contributed by atoms with van der Waals surface area (Å²) in [6.07, 6.45) is 3.84. The first-order valence-electron chi connectivity index (χ1n) is 13.5. The Balaban J connectivity index is 1.56. The molecule has 5 rings (SSSR count). The van der Waals surface area contributed by atoms with Gasteiger partial charge in [0.2, 0.25) is 0 Å². The van der Waals surface area contributed by atoms with Gasteiger partial charge in [0.1, 0.15) is 11.3 Å². The van der Waals surface area contributed by atoms with Gasteiger partial charge in [0, 0.05) is 42.3 Å². The van der Waals surface area contributed by atoms with E-state index in [9.17, 15) is 4.79 Å². The minimum Gasteiger partial charge on any atom is -0.378 e. The molecule has 1 aromatic heterocycles.